The highest BCUT2D eigenvalue weighted by molar-refractivity contribution is 7.99. The fourth-order valence-corrected chi connectivity index (χ4v) is 3.65. The van der Waals surface area contributed by atoms with Crippen LogP contribution in [0.2, 0.25) is 5.02 Å². The first kappa shape index (κ1) is 22.7. The molecule has 0 saturated carbocycles. The summed E-state index contributed by atoms with van der Waals surface area (Å²) in [7, 11) is 1.44. The first-order valence-electron chi connectivity index (χ1n) is 9.41. The number of amides is 2. The van der Waals surface area contributed by atoms with Gasteiger partial charge in [0.05, 0.1) is 24.7 Å². The summed E-state index contributed by atoms with van der Waals surface area (Å²) < 4.78 is 12.5. The number of thioether (sulfide) groups is 1. The van der Waals surface area contributed by atoms with Crippen molar-refractivity contribution in [1.29, 1.82) is 0 Å². The van der Waals surface area contributed by atoms with Crippen LogP contribution in [0, 0.1) is 5.92 Å². The number of hydrazine groups is 1. The normalized spacial score (nSPS) is 10.9. The zero-order chi connectivity index (χ0) is 22.4. The van der Waals surface area contributed by atoms with E-state index in [4.69, 9.17) is 20.8 Å². The van der Waals surface area contributed by atoms with E-state index in [0.29, 0.717) is 40.0 Å². The maximum atomic E-state index is 12.4. The molecular weight excluding hydrogens is 442 g/mol. The van der Waals surface area contributed by atoms with Gasteiger partial charge in [0, 0.05) is 11.6 Å². The summed E-state index contributed by atoms with van der Waals surface area (Å²) >= 11 is 7.15. The standard InChI is InChI=1S/C20H22ClN5O4S/c1-12(2)10-26-18(16-5-4-8-30-16)23-25-20(26)31-11-17(27)22-24-19(28)14-9-13(21)6-7-15(14)29-3/h4-9,12H,10-11H2,1-3H3,(H,22,27)(H,24,28). The van der Waals surface area contributed by atoms with E-state index in [9.17, 15) is 9.59 Å². The number of halogens is 1. The summed E-state index contributed by atoms with van der Waals surface area (Å²) in [6, 6.07) is 8.23. The van der Waals surface area contributed by atoms with Gasteiger partial charge in [-0.15, -0.1) is 10.2 Å². The third kappa shape index (κ3) is 5.80. The van der Waals surface area contributed by atoms with Crippen molar-refractivity contribution >= 4 is 35.2 Å². The molecule has 0 saturated heterocycles. The minimum Gasteiger partial charge on any atom is -0.496 e. The van der Waals surface area contributed by atoms with E-state index in [1.54, 1.807) is 24.5 Å². The molecule has 1 aromatic carbocycles. The van der Waals surface area contributed by atoms with Crippen molar-refractivity contribution in [2.24, 2.45) is 5.92 Å². The van der Waals surface area contributed by atoms with Gasteiger partial charge in [-0.25, -0.2) is 0 Å². The smallest absolute Gasteiger partial charge is 0.273 e. The Morgan fingerprint density at radius 3 is 2.74 bits per heavy atom. The molecule has 0 radical (unpaired) electrons. The average Bonchev–Trinajstić information content (AvgIpc) is 3.40. The van der Waals surface area contributed by atoms with Crippen LogP contribution in [-0.2, 0) is 11.3 Å². The van der Waals surface area contributed by atoms with Crippen molar-refractivity contribution < 1.29 is 18.7 Å². The average molecular weight is 464 g/mol. The number of carbonyl (C=O) groups excluding carboxylic acids is 2. The van der Waals surface area contributed by atoms with Gasteiger partial charge >= 0.3 is 0 Å². The second-order valence-corrected chi connectivity index (χ2v) is 8.30. The predicted octanol–water partition coefficient (Wildman–Crippen LogP) is 3.41. The minimum atomic E-state index is -0.541. The molecule has 2 N–H and O–H groups in total. The molecule has 2 amide bonds. The van der Waals surface area contributed by atoms with Crippen molar-refractivity contribution in [3.05, 3.63) is 47.2 Å². The SMILES string of the molecule is COc1ccc(Cl)cc1C(=O)NNC(=O)CSc1nnc(-c2ccco2)n1CC(C)C. The van der Waals surface area contributed by atoms with Crippen LogP contribution in [0.1, 0.15) is 24.2 Å². The van der Waals surface area contributed by atoms with Crippen LogP contribution in [0.3, 0.4) is 0 Å². The first-order chi connectivity index (χ1) is 14.9. The molecule has 9 nitrogen and oxygen atoms in total. The van der Waals surface area contributed by atoms with Crippen LogP contribution in [0.4, 0.5) is 0 Å². The number of carbonyl (C=O) groups is 2. The van der Waals surface area contributed by atoms with Crippen molar-refractivity contribution in [3.8, 4) is 17.3 Å². The molecule has 0 aliphatic rings. The molecule has 0 unspecified atom stereocenters. The topological polar surface area (TPSA) is 111 Å². The third-order valence-corrected chi connectivity index (χ3v) is 5.26. The molecule has 11 heteroatoms. The maximum absolute atomic E-state index is 12.4. The Bertz CT molecular complexity index is 1050. The lowest BCUT2D eigenvalue weighted by molar-refractivity contribution is -0.119. The number of aromatic nitrogens is 3. The van der Waals surface area contributed by atoms with Crippen LogP contribution in [0.25, 0.3) is 11.6 Å². The Labute approximate surface area is 188 Å². The van der Waals surface area contributed by atoms with E-state index in [0.717, 1.165) is 0 Å². The Hall–Kier alpha value is -2.98. The third-order valence-electron chi connectivity index (χ3n) is 4.06. The van der Waals surface area contributed by atoms with Crippen LogP contribution in [0.5, 0.6) is 5.75 Å². The Kier molecular flexibility index (Phi) is 7.59. The van der Waals surface area contributed by atoms with Gasteiger partial charge in [-0.2, -0.15) is 0 Å². The number of methoxy groups -OCH3 is 1. The Balaban J connectivity index is 1.61. The second-order valence-electron chi connectivity index (χ2n) is 6.92. The number of benzene rings is 1. The highest BCUT2D eigenvalue weighted by Crippen LogP contribution is 2.25. The summed E-state index contributed by atoms with van der Waals surface area (Å²) in [5, 5.41) is 9.35. The largest absolute Gasteiger partial charge is 0.496 e. The molecule has 0 atom stereocenters. The molecule has 3 aromatic rings. The lowest BCUT2D eigenvalue weighted by Crippen LogP contribution is -2.42. The van der Waals surface area contributed by atoms with Crippen molar-refractivity contribution in [2.75, 3.05) is 12.9 Å². The quantitative estimate of drug-likeness (QED) is 0.389. The highest BCUT2D eigenvalue weighted by Gasteiger charge is 2.19. The maximum Gasteiger partial charge on any atom is 0.273 e. The summed E-state index contributed by atoms with van der Waals surface area (Å²) in [5.41, 5.74) is 4.96. The van der Waals surface area contributed by atoms with Crippen LogP contribution in [0.15, 0.2) is 46.2 Å². The molecule has 0 bridgehead atoms. The molecule has 0 fully saturated rings. The van der Waals surface area contributed by atoms with E-state index in [2.05, 4.69) is 34.9 Å². The highest BCUT2D eigenvalue weighted by atomic mass is 35.5. The van der Waals surface area contributed by atoms with Crippen molar-refractivity contribution in [1.82, 2.24) is 25.6 Å². The zero-order valence-corrected chi connectivity index (χ0v) is 18.8. The zero-order valence-electron chi connectivity index (χ0n) is 17.2. The van der Waals surface area contributed by atoms with Gasteiger partial charge in [0.25, 0.3) is 5.91 Å². The van der Waals surface area contributed by atoms with Gasteiger partial charge < -0.3 is 9.15 Å². The molecule has 0 spiro atoms. The summed E-state index contributed by atoms with van der Waals surface area (Å²) in [6.45, 7) is 4.82. The van der Waals surface area contributed by atoms with Crippen LogP contribution >= 0.6 is 23.4 Å². The summed E-state index contributed by atoms with van der Waals surface area (Å²) in [6.07, 6.45) is 1.57. The first-order valence-corrected chi connectivity index (χ1v) is 10.8. The molecule has 31 heavy (non-hydrogen) atoms. The molecule has 3 rings (SSSR count). The number of hydrogen-bond acceptors (Lipinski definition) is 7. The molecule has 0 aliphatic heterocycles. The van der Waals surface area contributed by atoms with Gasteiger partial charge in [-0.05, 0) is 36.2 Å². The van der Waals surface area contributed by atoms with Gasteiger partial charge in [0.1, 0.15) is 5.75 Å². The van der Waals surface area contributed by atoms with Gasteiger partial charge in [0.2, 0.25) is 5.91 Å². The number of furan rings is 1. The molecule has 2 aromatic heterocycles. The van der Waals surface area contributed by atoms with Gasteiger partial charge in [0.15, 0.2) is 16.7 Å². The van der Waals surface area contributed by atoms with Crippen LogP contribution in [-0.4, -0.2) is 39.4 Å². The van der Waals surface area contributed by atoms with Gasteiger partial charge in [-0.1, -0.05) is 37.2 Å². The van der Waals surface area contributed by atoms with E-state index < -0.39 is 11.8 Å². The lowest BCUT2D eigenvalue weighted by Gasteiger charge is -2.12. The summed E-state index contributed by atoms with van der Waals surface area (Å²) in [4.78, 5) is 24.6. The van der Waals surface area contributed by atoms with E-state index in [1.807, 2.05) is 10.6 Å². The molecule has 164 valence electrons. The number of hydrogen-bond donors (Lipinski definition) is 2. The van der Waals surface area contributed by atoms with E-state index in [-0.39, 0.29) is 11.3 Å². The summed E-state index contributed by atoms with van der Waals surface area (Å²) in [5.74, 6) is 0.970. The van der Waals surface area contributed by atoms with Crippen LogP contribution < -0.4 is 15.6 Å². The fourth-order valence-electron chi connectivity index (χ4n) is 2.73. The number of ether oxygens (including phenoxy) is 1. The Morgan fingerprint density at radius 2 is 2.06 bits per heavy atom. The molecule has 0 aliphatic carbocycles. The molecule has 2 heterocycles. The number of rotatable bonds is 8. The number of nitrogens with one attached hydrogen (secondary N) is 2. The fraction of sp³-hybridized carbons (Fsp3) is 0.300. The molecular formula is C20H22ClN5O4S. The van der Waals surface area contributed by atoms with Crippen molar-refractivity contribution in [3.63, 3.8) is 0 Å². The van der Waals surface area contributed by atoms with Crippen molar-refractivity contribution in [2.45, 2.75) is 25.5 Å². The Morgan fingerprint density at radius 1 is 1.26 bits per heavy atom. The predicted molar refractivity (Wildman–Crippen MR) is 117 cm³/mol. The lowest BCUT2D eigenvalue weighted by atomic mass is 10.2. The minimum absolute atomic E-state index is 0.0291. The van der Waals surface area contributed by atoms with E-state index in [1.165, 1.54) is 24.9 Å². The van der Waals surface area contributed by atoms with E-state index >= 15 is 0 Å². The number of nitrogens with zero attached hydrogens (tertiary/aromatic N) is 3. The monoisotopic (exact) mass is 463 g/mol. The van der Waals surface area contributed by atoms with Gasteiger partial charge in [-0.3, -0.25) is 25.0 Å². The second kappa shape index (κ2) is 10.4.